The highest BCUT2D eigenvalue weighted by Gasteiger charge is 2.14. The van der Waals surface area contributed by atoms with Crippen molar-refractivity contribution in [2.75, 3.05) is 0 Å². The standard InChI is InChI=1S/C18H11N3O.C2H6/c19-11-12-10-16-17(14-8-4-5-9-15(14)20-16)21(18(12)22)13-6-2-1-3-7-13;1-2/h1-10,20H;1-2H3. The third kappa shape index (κ3) is 2.37. The summed E-state index contributed by atoms with van der Waals surface area (Å²) in [5.41, 5.74) is 3.09. The van der Waals surface area contributed by atoms with Gasteiger partial charge in [-0.25, -0.2) is 0 Å². The van der Waals surface area contributed by atoms with Crippen LogP contribution in [0.4, 0.5) is 0 Å². The molecular formula is C20H17N3O. The molecule has 24 heavy (non-hydrogen) atoms. The Morgan fingerprint density at radius 1 is 0.958 bits per heavy atom. The van der Waals surface area contributed by atoms with Crippen LogP contribution in [0.3, 0.4) is 0 Å². The minimum absolute atomic E-state index is 0.128. The second-order valence-electron chi connectivity index (χ2n) is 5.08. The molecule has 0 saturated heterocycles. The summed E-state index contributed by atoms with van der Waals surface area (Å²) in [7, 11) is 0. The number of fused-ring (bicyclic) bond motifs is 3. The van der Waals surface area contributed by atoms with Crippen LogP contribution in [0, 0.1) is 11.3 Å². The summed E-state index contributed by atoms with van der Waals surface area (Å²) in [6, 6.07) is 20.8. The van der Waals surface area contributed by atoms with Crippen molar-refractivity contribution in [3.05, 3.63) is 76.6 Å². The van der Waals surface area contributed by atoms with E-state index in [9.17, 15) is 10.1 Å². The fourth-order valence-electron chi connectivity index (χ4n) is 2.82. The van der Waals surface area contributed by atoms with Crippen molar-refractivity contribution in [1.29, 1.82) is 5.26 Å². The Morgan fingerprint density at radius 2 is 1.62 bits per heavy atom. The van der Waals surface area contributed by atoms with Gasteiger partial charge in [0.25, 0.3) is 5.56 Å². The Hall–Kier alpha value is -3.32. The lowest BCUT2D eigenvalue weighted by Gasteiger charge is -2.08. The molecule has 0 aliphatic carbocycles. The van der Waals surface area contributed by atoms with Gasteiger partial charge in [0.1, 0.15) is 11.6 Å². The van der Waals surface area contributed by atoms with Crippen LogP contribution in [-0.2, 0) is 0 Å². The third-order valence-electron chi connectivity index (χ3n) is 3.79. The van der Waals surface area contributed by atoms with E-state index >= 15 is 0 Å². The van der Waals surface area contributed by atoms with E-state index in [0.717, 1.165) is 27.6 Å². The molecule has 0 radical (unpaired) electrons. The fraction of sp³-hybridized carbons (Fsp3) is 0.100. The van der Waals surface area contributed by atoms with E-state index in [4.69, 9.17) is 0 Å². The van der Waals surface area contributed by atoms with Gasteiger partial charge in [-0.2, -0.15) is 5.26 Å². The van der Waals surface area contributed by atoms with Crippen LogP contribution in [0.2, 0.25) is 0 Å². The number of nitrogens with one attached hydrogen (secondary N) is 1. The number of nitriles is 1. The lowest BCUT2D eigenvalue weighted by atomic mass is 10.2. The zero-order valence-corrected chi connectivity index (χ0v) is 13.6. The molecule has 0 fully saturated rings. The molecule has 2 heterocycles. The number of aromatic amines is 1. The Kier molecular flexibility index (Phi) is 4.17. The first-order chi connectivity index (χ1) is 11.8. The van der Waals surface area contributed by atoms with Gasteiger partial charge in [0.05, 0.1) is 11.0 Å². The van der Waals surface area contributed by atoms with E-state index in [1.807, 2.05) is 74.5 Å². The molecule has 1 N–H and O–H groups in total. The SMILES string of the molecule is CC.N#Cc1cc2[nH]c3ccccc3c2n(-c2ccccc2)c1=O. The van der Waals surface area contributed by atoms with Crippen LogP contribution in [-0.4, -0.2) is 9.55 Å². The normalized spacial score (nSPS) is 10.2. The fourth-order valence-corrected chi connectivity index (χ4v) is 2.82. The van der Waals surface area contributed by atoms with Gasteiger partial charge in [-0.15, -0.1) is 0 Å². The number of pyridine rings is 1. The van der Waals surface area contributed by atoms with Crippen molar-refractivity contribution in [3.63, 3.8) is 0 Å². The minimum atomic E-state index is -0.300. The number of aromatic nitrogens is 2. The summed E-state index contributed by atoms with van der Waals surface area (Å²) < 4.78 is 1.60. The molecular weight excluding hydrogens is 298 g/mol. The summed E-state index contributed by atoms with van der Waals surface area (Å²) in [5, 5.41) is 10.2. The van der Waals surface area contributed by atoms with E-state index in [-0.39, 0.29) is 11.1 Å². The molecule has 4 rings (SSSR count). The van der Waals surface area contributed by atoms with Crippen molar-refractivity contribution in [1.82, 2.24) is 9.55 Å². The highest BCUT2D eigenvalue weighted by atomic mass is 16.1. The molecule has 4 heteroatoms. The Morgan fingerprint density at radius 3 is 2.33 bits per heavy atom. The number of nitrogens with zero attached hydrogens (tertiary/aromatic N) is 2. The maximum absolute atomic E-state index is 12.7. The van der Waals surface area contributed by atoms with Crippen molar-refractivity contribution in [3.8, 4) is 11.8 Å². The van der Waals surface area contributed by atoms with Gasteiger partial charge in [-0.1, -0.05) is 50.2 Å². The van der Waals surface area contributed by atoms with Gasteiger partial charge in [-0.05, 0) is 24.3 Å². The van der Waals surface area contributed by atoms with Gasteiger partial charge in [0, 0.05) is 16.6 Å². The average Bonchev–Trinajstić information content (AvgIpc) is 3.01. The molecule has 0 aliphatic heterocycles. The zero-order chi connectivity index (χ0) is 17.1. The smallest absolute Gasteiger partial charge is 0.273 e. The highest BCUT2D eigenvalue weighted by Crippen LogP contribution is 2.26. The number of para-hydroxylation sites is 2. The van der Waals surface area contributed by atoms with Crippen LogP contribution in [0.1, 0.15) is 19.4 Å². The number of rotatable bonds is 1. The summed E-state index contributed by atoms with van der Waals surface area (Å²) >= 11 is 0. The van der Waals surface area contributed by atoms with E-state index in [1.54, 1.807) is 10.6 Å². The quantitative estimate of drug-likeness (QED) is 0.567. The maximum Gasteiger partial charge on any atom is 0.273 e. The molecule has 0 spiro atoms. The first-order valence-electron chi connectivity index (χ1n) is 7.91. The molecule has 2 aromatic carbocycles. The minimum Gasteiger partial charge on any atom is -0.353 e. The Bertz CT molecular complexity index is 1100. The summed E-state index contributed by atoms with van der Waals surface area (Å²) in [6.45, 7) is 4.00. The molecule has 4 nitrogen and oxygen atoms in total. The van der Waals surface area contributed by atoms with Crippen molar-refractivity contribution in [2.24, 2.45) is 0 Å². The average molecular weight is 315 g/mol. The van der Waals surface area contributed by atoms with Crippen LogP contribution in [0.25, 0.3) is 27.6 Å². The van der Waals surface area contributed by atoms with Crippen LogP contribution in [0.15, 0.2) is 65.5 Å². The van der Waals surface area contributed by atoms with Gasteiger partial charge < -0.3 is 4.98 Å². The largest absolute Gasteiger partial charge is 0.353 e. The molecule has 0 atom stereocenters. The molecule has 0 unspecified atom stereocenters. The molecule has 2 aromatic heterocycles. The second kappa shape index (κ2) is 6.43. The lowest BCUT2D eigenvalue weighted by molar-refractivity contribution is 1.04. The van der Waals surface area contributed by atoms with E-state index in [0.29, 0.717) is 0 Å². The topological polar surface area (TPSA) is 61.6 Å². The predicted molar refractivity (Wildman–Crippen MR) is 97.5 cm³/mol. The number of benzene rings is 2. The highest BCUT2D eigenvalue weighted by molar-refractivity contribution is 6.06. The van der Waals surface area contributed by atoms with Crippen molar-refractivity contribution < 1.29 is 0 Å². The zero-order valence-electron chi connectivity index (χ0n) is 13.6. The first-order valence-corrected chi connectivity index (χ1v) is 7.91. The van der Waals surface area contributed by atoms with E-state index in [1.165, 1.54) is 0 Å². The van der Waals surface area contributed by atoms with Crippen LogP contribution >= 0.6 is 0 Å². The van der Waals surface area contributed by atoms with Gasteiger partial charge >= 0.3 is 0 Å². The summed E-state index contributed by atoms with van der Waals surface area (Å²) in [5.74, 6) is 0. The van der Waals surface area contributed by atoms with Crippen molar-refractivity contribution in [2.45, 2.75) is 13.8 Å². The number of hydrogen-bond acceptors (Lipinski definition) is 2. The molecule has 118 valence electrons. The number of hydrogen-bond donors (Lipinski definition) is 1. The molecule has 0 aliphatic rings. The van der Waals surface area contributed by atoms with Crippen molar-refractivity contribution >= 4 is 21.9 Å². The Balaban J connectivity index is 0.000000815. The monoisotopic (exact) mass is 315 g/mol. The second-order valence-corrected chi connectivity index (χ2v) is 5.08. The molecule has 0 bridgehead atoms. The van der Waals surface area contributed by atoms with Gasteiger partial charge in [-0.3, -0.25) is 9.36 Å². The van der Waals surface area contributed by atoms with Gasteiger partial charge in [0.15, 0.2) is 0 Å². The van der Waals surface area contributed by atoms with E-state index < -0.39 is 0 Å². The predicted octanol–water partition coefficient (Wildman–Crippen LogP) is 4.37. The van der Waals surface area contributed by atoms with E-state index in [2.05, 4.69) is 4.98 Å². The van der Waals surface area contributed by atoms with Gasteiger partial charge in [0.2, 0.25) is 0 Å². The van der Waals surface area contributed by atoms with Crippen LogP contribution in [0.5, 0.6) is 0 Å². The Labute approximate surface area is 139 Å². The molecule has 0 amide bonds. The third-order valence-corrected chi connectivity index (χ3v) is 3.79. The number of H-pyrrole nitrogens is 1. The lowest BCUT2D eigenvalue weighted by Crippen LogP contribution is -2.21. The summed E-state index contributed by atoms with van der Waals surface area (Å²) in [6.07, 6.45) is 0. The maximum atomic E-state index is 12.7. The summed E-state index contributed by atoms with van der Waals surface area (Å²) in [4.78, 5) is 16.0. The molecule has 4 aromatic rings. The van der Waals surface area contributed by atoms with Crippen LogP contribution < -0.4 is 5.56 Å². The first kappa shape index (κ1) is 15.6. The molecule has 0 saturated carbocycles.